The third kappa shape index (κ3) is 3.55. The van der Waals surface area contributed by atoms with Crippen molar-refractivity contribution in [3.05, 3.63) is 78.1 Å². The molecule has 0 fully saturated rings. The van der Waals surface area contributed by atoms with Gasteiger partial charge in [-0.1, -0.05) is 36.4 Å². The molecule has 0 spiro atoms. The van der Waals surface area contributed by atoms with Crippen molar-refractivity contribution in [1.82, 2.24) is 14.9 Å². The number of hydrogen-bond donors (Lipinski definition) is 1. The van der Waals surface area contributed by atoms with Crippen LogP contribution in [0.15, 0.2) is 67.0 Å². The summed E-state index contributed by atoms with van der Waals surface area (Å²) in [4.78, 5) is 10.2. The number of pyridine rings is 1. The third-order valence-electron chi connectivity index (χ3n) is 4.87. The second-order valence-corrected chi connectivity index (χ2v) is 6.55. The molecule has 1 N–H and O–H groups in total. The minimum absolute atomic E-state index is 0.382. The van der Waals surface area contributed by atoms with E-state index < -0.39 is 0 Å². The number of H-pyrrole nitrogens is 1. The average molecular weight is 345 g/mol. The minimum Gasteiger partial charge on any atom is -0.497 e. The summed E-state index contributed by atoms with van der Waals surface area (Å²) >= 11 is 0. The highest BCUT2D eigenvalue weighted by Crippen LogP contribution is 2.22. The first kappa shape index (κ1) is 16.6. The van der Waals surface area contributed by atoms with E-state index in [1.54, 1.807) is 7.11 Å². The normalized spacial score (nSPS) is 18.0. The van der Waals surface area contributed by atoms with Gasteiger partial charge in [-0.2, -0.15) is 0 Å². The van der Waals surface area contributed by atoms with Gasteiger partial charge in [0.15, 0.2) is 0 Å². The maximum Gasteiger partial charge on any atom is 0.137 e. The molecule has 1 atom stereocenters. The molecule has 1 aliphatic rings. The topological polar surface area (TPSA) is 41.1 Å². The van der Waals surface area contributed by atoms with Crippen LogP contribution in [0.3, 0.4) is 0 Å². The maximum absolute atomic E-state index is 5.31. The standard InChI is InChI=1S/C22H23N3O/c1-26-20-8-4-6-17(14-20)10-11-19-7-2-3-13-25(19)16-18-15-24-22-21(18)9-5-12-23-22/h2-6,8-12,14-15,19H,7,13,16H2,1H3,(H,23,24)/b11-10+. The van der Waals surface area contributed by atoms with Crippen molar-refractivity contribution in [3.63, 3.8) is 0 Å². The molecule has 3 aromatic rings. The summed E-state index contributed by atoms with van der Waals surface area (Å²) in [5.74, 6) is 0.888. The van der Waals surface area contributed by atoms with E-state index in [1.807, 2.05) is 24.4 Å². The Morgan fingerprint density at radius 1 is 1.27 bits per heavy atom. The van der Waals surface area contributed by atoms with E-state index in [9.17, 15) is 0 Å². The van der Waals surface area contributed by atoms with Crippen molar-refractivity contribution in [2.75, 3.05) is 13.7 Å². The van der Waals surface area contributed by atoms with E-state index >= 15 is 0 Å². The molecule has 2 aromatic heterocycles. The monoisotopic (exact) mass is 345 g/mol. The quantitative estimate of drug-likeness (QED) is 0.696. The first-order valence-electron chi connectivity index (χ1n) is 8.96. The van der Waals surface area contributed by atoms with Crippen LogP contribution in [0, 0.1) is 0 Å². The summed E-state index contributed by atoms with van der Waals surface area (Å²) in [5.41, 5.74) is 3.41. The third-order valence-corrected chi connectivity index (χ3v) is 4.87. The summed E-state index contributed by atoms with van der Waals surface area (Å²) in [6.45, 7) is 1.86. The molecule has 4 rings (SSSR count). The molecule has 4 nitrogen and oxygen atoms in total. The molecule has 132 valence electrons. The second-order valence-electron chi connectivity index (χ2n) is 6.55. The van der Waals surface area contributed by atoms with Crippen LogP contribution in [0.4, 0.5) is 0 Å². The Labute approximate surface area is 153 Å². The van der Waals surface area contributed by atoms with Gasteiger partial charge in [0.05, 0.1) is 7.11 Å². The van der Waals surface area contributed by atoms with Gasteiger partial charge >= 0.3 is 0 Å². The molecular weight excluding hydrogens is 322 g/mol. The Morgan fingerprint density at radius 2 is 2.23 bits per heavy atom. The number of methoxy groups -OCH3 is 1. The zero-order valence-electron chi connectivity index (χ0n) is 14.9. The van der Waals surface area contributed by atoms with E-state index in [0.717, 1.165) is 36.5 Å². The van der Waals surface area contributed by atoms with Crippen molar-refractivity contribution < 1.29 is 4.74 Å². The van der Waals surface area contributed by atoms with Crippen molar-refractivity contribution in [3.8, 4) is 5.75 Å². The van der Waals surface area contributed by atoms with Gasteiger partial charge in [-0.05, 0) is 41.8 Å². The molecule has 0 aliphatic carbocycles. The van der Waals surface area contributed by atoms with Crippen LogP contribution in [0.2, 0.25) is 0 Å². The second kappa shape index (κ2) is 7.58. The van der Waals surface area contributed by atoms with Gasteiger partial charge in [0.1, 0.15) is 11.4 Å². The number of ether oxygens (including phenoxy) is 1. The SMILES string of the molecule is COc1cccc(/C=C/C2CC=CCN2Cc2c[nH]c3ncccc23)c1. The van der Waals surface area contributed by atoms with E-state index in [-0.39, 0.29) is 0 Å². The Hall–Kier alpha value is -2.85. The molecule has 1 unspecified atom stereocenters. The molecule has 0 amide bonds. The Kier molecular flexibility index (Phi) is 4.84. The number of aromatic nitrogens is 2. The van der Waals surface area contributed by atoms with Crippen LogP contribution >= 0.6 is 0 Å². The fourth-order valence-electron chi connectivity index (χ4n) is 3.44. The fourth-order valence-corrected chi connectivity index (χ4v) is 3.44. The van der Waals surface area contributed by atoms with Gasteiger partial charge in [-0.15, -0.1) is 0 Å². The molecule has 0 saturated heterocycles. The van der Waals surface area contributed by atoms with Gasteiger partial charge < -0.3 is 9.72 Å². The number of rotatable bonds is 5. The van der Waals surface area contributed by atoms with Gasteiger partial charge in [-0.25, -0.2) is 4.98 Å². The molecule has 0 radical (unpaired) electrons. The van der Waals surface area contributed by atoms with Crippen molar-refractivity contribution in [1.29, 1.82) is 0 Å². The lowest BCUT2D eigenvalue weighted by atomic mass is 10.0. The number of benzene rings is 1. The Morgan fingerprint density at radius 3 is 3.15 bits per heavy atom. The molecule has 3 heterocycles. The van der Waals surface area contributed by atoms with Gasteiger partial charge in [-0.3, -0.25) is 4.90 Å². The molecule has 1 aromatic carbocycles. The van der Waals surface area contributed by atoms with Gasteiger partial charge in [0, 0.05) is 36.9 Å². The summed E-state index contributed by atoms with van der Waals surface area (Å²) in [7, 11) is 1.70. The number of aromatic amines is 1. The lowest BCUT2D eigenvalue weighted by Crippen LogP contribution is -2.35. The van der Waals surface area contributed by atoms with Crippen LogP contribution < -0.4 is 4.74 Å². The highest BCUT2D eigenvalue weighted by molar-refractivity contribution is 5.79. The van der Waals surface area contributed by atoms with Crippen molar-refractivity contribution in [2.24, 2.45) is 0 Å². The highest BCUT2D eigenvalue weighted by atomic mass is 16.5. The van der Waals surface area contributed by atoms with Crippen LogP contribution in [0.5, 0.6) is 5.75 Å². The van der Waals surface area contributed by atoms with Gasteiger partial charge in [0.2, 0.25) is 0 Å². The highest BCUT2D eigenvalue weighted by Gasteiger charge is 2.18. The van der Waals surface area contributed by atoms with Crippen molar-refractivity contribution >= 4 is 17.1 Å². The number of nitrogens with zero attached hydrogens (tertiary/aromatic N) is 2. The van der Waals surface area contributed by atoms with Crippen LogP contribution in [-0.2, 0) is 6.54 Å². The van der Waals surface area contributed by atoms with Crippen LogP contribution in [-0.4, -0.2) is 34.6 Å². The number of hydrogen-bond acceptors (Lipinski definition) is 3. The number of fused-ring (bicyclic) bond motifs is 1. The first-order valence-corrected chi connectivity index (χ1v) is 8.96. The molecule has 0 bridgehead atoms. The summed E-state index contributed by atoms with van der Waals surface area (Å²) in [5, 5.41) is 1.21. The van der Waals surface area contributed by atoms with E-state index in [2.05, 4.69) is 63.6 Å². The summed E-state index contributed by atoms with van der Waals surface area (Å²) in [6, 6.07) is 12.7. The number of nitrogens with one attached hydrogen (secondary N) is 1. The van der Waals surface area contributed by atoms with Crippen LogP contribution in [0.25, 0.3) is 17.1 Å². The summed E-state index contributed by atoms with van der Waals surface area (Å²) in [6.07, 6.45) is 13.9. The smallest absolute Gasteiger partial charge is 0.137 e. The predicted octanol–water partition coefficient (Wildman–Crippen LogP) is 4.42. The average Bonchev–Trinajstić information content (AvgIpc) is 3.10. The Bertz CT molecular complexity index is 941. The minimum atomic E-state index is 0.382. The lowest BCUT2D eigenvalue weighted by Gasteiger charge is -2.30. The first-order chi connectivity index (χ1) is 12.8. The predicted molar refractivity (Wildman–Crippen MR) is 106 cm³/mol. The lowest BCUT2D eigenvalue weighted by molar-refractivity contribution is 0.237. The van der Waals surface area contributed by atoms with E-state index in [0.29, 0.717) is 6.04 Å². The molecule has 26 heavy (non-hydrogen) atoms. The molecule has 0 saturated carbocycles. The zero-order chi connectivity index (χ0) is 17.8. The fraction of sp³-hybridized carbons (Fsp3) is 0.227. The van der Waals surface area contributed by atoms with E-state index in [1.165, 1.54) is 10.9 Å². The molecular formula is C22H23N3O. The van der Waals surface area contributed by atoms with Crippen LogP contribution in [0.1, 0.15) is 17.5 Å². The maximum atomic E-state index is 5.31. The van der Waals surface area contributed by atoms with Crippen molar-refractivity contribution in [2.45, 2.75) is 19.0 Å². The Balaban J connectivity index is 1.53. The molecule has 4 heteroatoms. The van der Waals surface area contributed by atoms with E-state index in [4.69, 9.17) is 4.74 Å². The largest absolute Gasteiger partial charge is 0.497 e. The van der Waals surface area contributed by atoms with Gasteiger partial charge in [0.25, 0.3) is 0 Å². The zero-order valence-corrected chi connectivity index (χ0v) is 14.9. The molecule has 1 aliphatic heterocycles. The summed E-state index contributed by atoms with van der Waals surface area (Å²) < 4.78 is 5.31.